The second-order valence-electron chi connectivity index (χ2n) is 8.80. The van der Waals surface area contributed by atoms with Crippen LogP contribution in [0, 0.1) is 12.3 Å². The van der Waals surface area contributed by atoms with Crippen LogP contribution in [0.1, 0.15) is 57.7 Å². The highest BCUT2D eigenvalue weighted by Gasteiger charge is 2.35. The number of hydrogen-bond acceptors (Lipinski definition) is 7. The summed E-state index contributed by atoms with van der Waals surface area (Å²) in [6.45, 7) is 6.73. The summed E-state index contributed by atoms with van der Waals surface area (Å²) >= 11 is 0. The van der Waals surface area contributed by atoms with Gasteiger partial charge in [0, 0.05) is 19.2 Å². The molecule has 0 aliphatic rings. The van der Waals surface area contributed by atoms with Crippen molar-refractivity contribution >= 4 is 29.8 Å². The molecular weight excluding hydrogens is 468 g/mol. The number of carbonyl (C=O) groups is 5. The molecule has 0 fully saturated rings. The van der Waals surface area contributed by atoms with Gasteiger partial charge in [-0.1, -0.05) is 24.1 Å². The smallest absolute Gasteiger partial charge is 0.408 e. The zero-order chi connectivity index (χ0) is 27.5. The topological polar surface area (TPSA) is 157 Å². The Morgan fingerprint density at radius 3 is 2.36 bits per heavy atom. The number of carbonyl (C=O) groups excluding carboxylic acids is 5. The van der Waals surface area contributed by atoms with Crippen molar-refractivity contribution in [1.29, 1.82) is 0 Å². The van der Waals surface area contributed by atoms with Crippen molar-refractivity contribution in [3.05, 3.63) is 35.4 Å². The molecule has 2 unspecified atom stereocenters. The number of amides is 4. The molecule has 0 saturated carbocycles. The molecule has 4 amide bonds. The van der Waals surface area contributed by atoms with Crippen LogP contribution in [0.15, 0.2) is 24.3 Å². The molecule has 1 rings (SSSR count). The van der Waals surface area contributed by atoms with Gasteiger partial charge >= 0.3 is 12.1 Å². The average Bonchev–Trinajstić information content (AvgIpc) is 2.77. The molecule has 196 valence electrons. The fourth-order valence-corrected chi connectivity index (χ4v) is 3.23. The summed E-state index contributed by atoms with van der Waals surface area (Å²) in [5.74, 6) is -0.277. The van der Waals surface area contributed by atoms with E-state index in [0.29, 0.717) is 11.1 Å². The lowest BCUT2D eigenvalue weighted by atomic mass is 9.97. The quantitative estimate of drug-likeness (QED) is 0.301. The molecule has 0 aliphatic heterocycles. The van der Waals surface area contributed by atoms with Crippen molar-refractivity contribution in [2.45, 2.75) is 58.2 Å². The zero-order valence-electron chi connectivity index (χ0n) is 21.3. The number of rotatable bonds is 11. The van der Waals surface area contributed by atoms with E-state index in [-0.39, 0.29) is 19.6 Å². The molecule has 0 saturated heterocycles. The lowest BCUT2D eigenvalue weighted by Crippen LogP contribution is -2.53. The number of terminal acetylenes is 1. The van der Waals surface area contributed by atoms with Gasteiger partial charge < -0.3 is 30.7 Å². The lowest BCUT2D eigenvalue weighted by Gasteiger charge is -2.31. The number of esters is 1. The number of ether oxygens (including phenoxy) is 2. The molecule has 0 spiro atoms. The van der Waals surface area contributed by atoms with Crippen LogP contribution in [0.2, 0.25) is 0 Å². The van der Waals surface area contributed by atoms with Crippen molar-refractivity contribution in [1.82, 2.24) is 15.5 Å². The van der Waals surface area contributed by atoms with Gasteiger partial charge in [0.1, 0.15) is 17.7 Å². The summed E-state index contributed by atoms with van der Waals surface area (Å²) < 4.78 is 10.0. The van der Waals surface area contributed by atoms with Crippen LogP contribution in [0.25, 0.3) is 0 Å². The monoisotopic (exact) mass is 502 g/mol. The van der Waals surface area contributed by atoms with E-state index in [9.17, 15) is 24.0 Å². The highest BCUT2D eigenvalue weighted by molar-refractivity contribution is 5.94. The molecule has 1 aromatic carbocycles. The molecule has 0 heterocycles. The normalized spacial score (nSPS) is 12.3. The van der Waals surface area contributed by atoms with Crippen LogP contribution >= 0.6 is 0 Å². The summed E-state index contributed by atoms with van der Waals surface area (Å²) in [6, 6.07) is 3.85. The maximum Gasteiger partial charge on any atom is 0.408 e. The number of primary amides is 1. The lowest BCUT2D eigenvalue weighted by molar-refractivity contribution is -0.143. The Hall–Kier alpha value is -4.07. The Kier molecular flexibility index (Phi) is 11.4. The molecule has 2 atom stereocenters. The van der Waals surface area contributed by atoms with Gasteiger partial charge in [0.25, 0.3) is 0 Å². The van der Waals surface area contributed by atoms with E-state index in [1.807, 2.05) is 0 Å². The molecule has 11 nitrogen and oxygen atoms in total. The van der Waals surface area contributed by atoms with E-state index < -0.39 is 53.9 Å². The Balaban J connectivity index is 3.27. The second kappa shape index (κ2) is 13.7. The van der Waals surface area contributed by atoms with Crippen molar-refractivity contribution < 1.29 is 33.4 Å². The highest BCUT2D eigenvalue weighted by Crippen LogP contribution is 2.24. The number of likely N-dealkylation sites (N-methyl/N-ethyl adjacent to an activating group) is 1. The van der Waals surface area contributed by atoms with E-state index in [0.717, 1.165) is 4.90 Å². The minimum Gasteiger partial charge on any atom is -0.466 e. The third-order valence-corrected chi connectivity index (χ3v) is 4.72. The van der Waals surface area contributed by atoms with Gasteiger partial charge in [0.2, 0.25) is 17.7 Å². The van der Waals surface area contributed by atoms with Gasteiger partial charge in [-0.25, -0.2) is 4.79 Å². The van der Waals surface area contributed by atoms with Gasteiger partial charge in [-0.05, 0) is 39.3 Å². The molecule has 4 N–H and O–H groups in total. The minimum absolute atomic E-state index is 0.0463. The minimum atomic E-state index is -1.41. The first-order chi connectivity index (χ1) is 16.8. The summed E-state index contributed by atoms with van der Waals surface area (Å²) in [4.78, 5) is 63.3. The Bertz CT molecular complexity index is 1010. The molecule has 0 radical (unpaired) electrons. The third kappa shape index (κ3) is 9.66. The van der Waals surface area contributed by atoms with Gasteiger partial charge in [-0.15, -0.1) is 6.42 Å². The first-order valence-electron chi connectivity index (χ1n) is 11.3. The third-order valence-electron chi connectivity index (χ3n) is 4.72. The predicted molar refractivity (Wildman–Crippen MR) is 131 cm³/mol. The molecule has 0 aliphatic carbocycles. The average molecular weight is 503 g/mol. The Morgan fingerprint density at radius 1 is 1.17 bits per heavy atom. The van der Waals surface area contributed by atoms with E-state index in [1.165, 1.54) is 7.05 Å². The number of nitrogens with two attached hydrogens (primary N) is 1. The van der Waals surface area contributed by atoms with Gasteiger partial charge in [-0.2, -0.15) is 0 Å². The summed E-state index contributed by atoms with van der Waals surface area (Å²) in [5, 5.41) is 4.95. The van der Waals surface area contributed by atoms with Gasteiger partial charge in [-0.3, -0.25) is 19.2 Å². The molecule has 11 heteroatoms. The largest absolute Gasteiger partial charge is 0.466 e. The number of nitrogens with one attached hydrogen (secondary N) is 2. The Labute approximate surface area is 211 Å². The fraction of sp³-hybridized carbons (Fsp3) is 0.480. The van der Waals surface area contributed by atoms with Crippen molar-refractivity contribution in [2.24, 2.45) is 5.73 Å². The first-order valence-corrected chi connectivity index (χ1v) is 11.3. The molecule has 36 heavy (non-hydrogen) atoms. The van der Waals surface area contributed by atoms with Crippen LogP contribution in [0.5, 0.6) is 0 Å². The van der Waals surface area contributed by atoms with Crippen molar-refractivity contribution in [3.8, 4) is 12.3 Å². The van der Waals surface area contributed by atoms with Gasteiger partial charge in [0.05, 0.1) is 19.4 Å². The van der Waals surface area contributed by atoms with E-state index in [4.69, 9.17) is 21.6 Å². The summed E-state index contributed by atoms with van der Waals surface area (Å²) in [5.41, 5.74) is 5.13. The van der Waals surface area contributed by atoms with E-state index in [2.05, 4.69) is 16.6 Å². The number of benzene rings is 1. The van der Waals surface area contributed by atoms with Crippen LogP contribution < -0.4 is 16.4 Å². The first kappa shape index (κ1) is 30.0. The zero-order valence-corrected chi connectivity index (χ0v) is 21.3. The molecule has 1 aromatic rings. The van der Waals surface area contributed by atoms with Crippen LogP contribution in [-0.2, 0) is 28.7 Å². The fourth-order valence-electron chi connectivity index (χ4n) is 3.23. The number of hydrogen-bond donors (Lipinski definition) is 3. The Morgan fingerprint density at radius 2 is 1.81 bits per heavy atom. The maximum absolute atomic E-state index is 13.4. The standard InChI is InChI=1S/C25H34N4O7/c1-7-16-11-9-10-12-17(16)21(22(32)27-14-13-20(31)35-8-2)29(6)23(33)18(15-19(26)30)28-24(34)36-25(3,4)5/h1,9-12,18,21H,8,13-15H2,2-6H3,(H2,26,30)(H,27,32)(H,28,34). The number of nitrogens with zero attached hydrogens (tertiary/aromatic N) is 1. The highest BCUT2D eigenvalue weighted by atomic mass is 16.6. The molecule has 0 bridgehead atoms. The summed E-state index contributed by atoms with van der Waals surface area (Å²) in [7, 11) is 1.33. The van der Waals surface area contributed by atoms with Crippen LogP contribution in [0.4, 0.5) is 4.79 Å². The molecule has 0 aromatic heterocycles. The summed E-state index contributed by atoms with van der Waals surface area (Å²) in [6.07, 6.45) is 4.06. The SMILES string of the molecule is C#Cc1ccccc1C(C(=O)NCCC(=O)OCC)N(C)C(=O)C(CC(N)=O)NC(=O)OC(C)(C)C. The molecular formula is C25H34N4O7. The second-order valence-corrected chi connectivity index (χ2v) is 8.80. The van der Waals surface area contributed by atoms with Gasteiger partial charge in [0.15, 0.2) is 0 Å². The van der Waals surface area contributed by atoms with Crippen LogP contribution in [0.3, 0.4) is 0 Å². The van der Waals surface area contributed by atoms with Crippen molar-refractivity contribution in [3.63, 3.8) is 0 Å². The maximum atomic E-state index is 13.4. The van der Waals surface area contributed by atoms with Crippen molar-refractivity contribution in [2.75, 3.05) is 20.2 Å². The number of alkyl carbamates (subject to hydrolysis) is 1. The van der Waals surface area contributed by atoms with E-state index in [1.54, 1.807) is 52.0 Å². The predicted octanol–water partition coefficient (Wildman–Crippen LogP) is 1.01. The van der Waals surface area contributed by atoms with E-state index >= 15 is 0 Å². The van der Waals surface area contributed by atoms with Crippen LogP contribution in [-0.4, -0.2) is 66.5 Å².